The number of halogens is 1. The zero-order chi connectivity index (χ0) is 15.6. The van der Waals surface area contributed by atoms with Gasteiger partial charge in [0.15, 0.2) is 0 Å². The Morgan fingerprint density at radius 3 is 2.61 bits per heavy atom. The largest absolute Gasteiger partial charge is 0.328 e. The fourth-order valence-electron chi connectivity index (χ4n) is 3.25. The van der Waals surface area contributed by atoms with Crippen molar-refractivity contribution in [1.82, 2.24) is 4.72 Å². The number of sulfonamides is 1. The molecule has 2 unspecified atom stereocenters. The second-order valence-corrected chi connectivity index (χ2v) is 7.86. The van der Waals surface area contributed by atoms with Crippen molar-refractivity contribution in [3.63, 3.8) is 0 Å². The van der Waals surface area contributed by atoms with Crippen molar-refractivity contribution in [1.29, 1.82) is 0 Å². The lowest BCUT2D eigenvalue weighted by molar-refractivity contribution is 0.322. The zero-order valence-corrected chi connectivity index (χ0v) is 14.6. The summed E-state index contributed by atoms with van der Waals surface area (Å²) < 4.78 is 28.0. The fourth-order valence-corrected chi connectivity index (χ4v) is 4.60. The van der Waals surface area contributed by atoms with Crippen molar-refractivity contribution in [2.24, 2.45) is 11.7 Å². The Kier molecular flexibility index (Phi) is 6.03. The van der Waals surface area contributed by atoms with Crippen LogP contribution in [0.25, 0.3) is 10.8 Å². The van der Waals surface area contributed by atoms with Crippen molar-refractivity contribution >= 4 is 33.2 Å². The first-order valence-corrected chi connectivity index (χ1v) is 9.27. The maximum Gasteiger partial charge on any atom is 0.241 e. The second-order valence-electron chi connectivity index (χ2n) is 6.12. The van der Waals surface area contributed by atoms with E-state index in [9.17, 15) is 8.42 Å². The number of hydrogen-bond acceptors (Lipinski definition) is 3. The summed E-state index contributed by atoms with van der Waals surface area (Å²) in [6, 6.07) is 13.1. The van der Waals surface area contributed by atoms with Crippen LogP contribution < -0.4 is 10.5 Å². The Morgan fingerprint density at radius 1 is 1.09 bits per heavy atom. The molecule has 1 fully saturated rings. The van der Waals surface area contributed by atoms with Crippen LogP contribution in [0.4, 0.5) is 0 Å². The molecule has 4 nitrogen and oxygen atoms in total. The third-order valence-corrected chi connectivity index (χ3v) is 5.91. The summed E-state index contributed by atoms with van der Waals surface area (Å²) in [5.74, 6) is 0.341. The van der Waals surface area contributed by atoms with E-state index in [0.717, 1.165) is 36.5 Å². The Morgan fingerprint density at radius 2 is 1.83 bits per heavy atom. The van der Waals surface area contributed by atoms with Gasteiger partial charge in [0.25, 0.3) is 0 Å². The molecule has 3 N–H and O–H groups in total. The van der Waals surface area contributed by atoms with Crippen LogP contribution in [0.15, 0.2) is 47.4 Å². The molecule has 126 valence electrons. The molecule has 6 heteroatoms. The van der Waals surface area contributed by atoms with Gasteiger partial charge < -0.3 is 5.73 Å². The number of nitrogens with one attached hydrogen (secondary N) is 1. The van der Waals surface area contributed by atoms with Crippen LogP contribution in [-0.4, -0.2) is 21.0 Å². The first-order valence-electron chi connectivity index (χ1n) is 7.79. The Bertz CT molecular complexity index is 759. The average Bonchev–Trinajstić information content (AvgIpc) is 2.52. The van der Waals surface area contributed by atoms with Gasteiger partial charge in [-0.2, -0.15) is 0 Å². The molecule has 23 heavy (non-hydrogen) atoms. The van der Waals surface area contributed by atoms with Gasteiger partial charge in [-0.15, -0.1) is 12.4 Å². The number of hydrogen-bond donors (Lipinski definition) is 2. The summed E-state index contributed by atoms with van der Waals surface area (Å²) in [6.07, 6.45) is 4.08. The van der Waals surface area contributed by atoms with Gasteiger partial charge >= 0.3 is 0 Å². The third kappa shape index (κ3) is 4.23. The predicted octanol–water partition coefficient (Wildman–Crippen LogP) is 3.06. The van der Waals surface area contributed by atoms with Crippen molar-refractivity contribution in [3.8, 4) is 0 Å². The average molecular weight is 355 g/mol. The molecule has 1 saturated carbocycles. The van der Waals surface area contributed by atoms with Crippen molar-refractivity contribution in [2.45, 2.75) is 36.6 Å². The maximum absolute atomic E-state index is 12.6. The molecule has 0 radical (unpaired) electrons. The van der Waals surface area contributed by atoms with Gasteiger partial charge in [0.2, 0.25) is 10.0 Å². The van der Waals surface area contributed by atoms with Crippen LogP contribution in [-0.2, 0) is 10.0 Å². The number of nitrogens with two attached hydrogens (primary N) is 1. The van der Waals surface area contributed by atoms with E-state index in [-0.39, 0.29) is 18.4 Å². The van der Waals surface area contributed by atoms with E-state index < -0.39 is 10.0 Å². The molecular formula is C17H23ClN2O2S. The van der Waals surface area contributed by atoms with Gasteiger partial charge in [0.1, 0.15) is 0 Å². The quantitative estimate of drug-likeness (QED) is 0.886. The summed E-state index contributed by atoms with van der Waals surface area (Å²) in [5.41, 5.74) is 5.97. The molecule has 3 rings (SSSR count). The lowest BCUT2D eigenvalue weighted by Gasteiger charge is -2.26. The highest BCUT2D eigenvalue weighted by molar-refractivity contribution is 7.89. The van der Waals surface area contributed by atoms with Crippen LogP contribution in [0, 0.1) is 5.92 Å². The third-order valence-electron chi connectivity index (χ3n) is 4.42. The van der Waals surface area contributed by atoms with Gasteiger partial charge in [-0.25, -0.2) is 13.1 Å². The van der Waals surface area contributed by atoms with Crippen LogP contribution >= 0.6 is 12.4 Å². The Balaban J connectivity index is 0.00000192. The van der Waals surface area contributed by atoms with Crippen molar-refractivity contribution in [2.75, 3.05) is 6.54 Å². The highest BCUT2D eigenvalue weighted by atomic mass is 35.5. The predicted molar refractivity (Wildman–Crippen MR) is 96.3 cm³/mol. The van der Waals surface area contributed by atoms with Crippen LogP contribution in [0.1, 0.15) is 25.7 Å². The van der Waals surface area contributed by atoms with E-state index in [1.165, 1.54) is 0 Å². The van der Waals surface area contributed by atoms with E-state index >= 15 is 0 Å². The molecule has 1 aliphatic rings. The minimum atomic E-state index is -3.49. The standard InChI is InChI=1S/C17H22N2O2S.ClH/c18-15-8-3-5-13(11-15)12-19-22(20,21)17-10-4-7-14-6-1-2-9-16(14)17;/h1-2,4,6-7,9-10,13,15,19H,3,5,8,11-12,18H2;1H. The van der Waals surface area contributed by atoms with Crippen molar-refractivity contribution < 1.29 is 8.42 Å². The first kappa shape index (κ1) is 18.2. The van der Waals surface area contributed by atoms with Gasteiger partial charge in [-0.05, 0) is 36.6 Å². The van der Waals surface area contributed by atoms with Gasteiger partial charge in [0, 0.05) is 18.0 Å². The van der Waals surface area contributed by atoms with Crippen molar-refractivity contribution in [3.05, 3.63) is 42.5 Å². The molecule has 0 aromatic heterocycles. The summed E-state index contributed by atoms with van der Waals surface area (Å²) in [6.45, 7) is 0.471. The minimum Gasteiger partial charge on any atom is -0.328 e. The molecule has 0 saturated heterocycles. The van der Waals surface area contributed by atoms with E-state index in [4.69, 9.17) is 5.73 Å². The van der Waals surface area contributed by atoms with E-state index in [2.05, 4.69) is 4.72 Å². The molecule has 2 atom stereocenters. The smallest absolute Gasteiger partial charge is 0.241 e. The molecule has 0 spiro atoms. The minimum absolute atomic E-state index is 0. The van der Waals surface area contributed by atoms with Gasteiger partial charge in [0.05, 0.1) is 4.90 Å². The Hall–Kier alpha value is -1.14. The summed E-state index contributed by atoms with van der Waals surface area (Å²) in [4.78, 5) is 0.353. The molecule has 0 bridgehead atoms. The second kappa shape index (κ2) is 7.62. The monoisotopic (exact) mass is 354 g/mol. The number of rotatable bonds is 4. The lowest BCUT2D eigenvalue weighted by Crippen LogP contribution is -2.35. The highest BCUT2D eigenvalue weighted by Gasteiger charge is 2.22. The lowest BCUT2D eigenvalue weighted by atomic mass is 9.86. The SMILES string of the molecule is Cl.NC1CCCC(CNS(=O)(=O)c2cccc3ccccc23)C1. The van der Waals surface area contributed by atoms with Crippen LogP contribution in [0.3, 0.4) is 0 Å². The molecule has 0 amide bonds. The fraction of sp³-hybridized carbons (Fsp3) is 0.412. The summed E-state index contributed by atoms with van der Waals surface area (Å²) in [7, 11) is -3.49. The summed E-state index contributed by atoms with van der Waals surface area (Å²) in [5, 5.41) is 1.70. The van der Waals surface area contributed by atoms with Crippen LogP contribution in [0.2, 0.25) is 0 Å². The molecule has 0 aliphatic heterocycles. The van der Waals surface area contributed by atoms with Gasteiger partial charge in [-0.3, -0.25) is 0 Å². The summed E-state index contributed by atoms with van der Waals surface area (Å²) >= 11 is 0. The molecular weight excluding hydrogens is 332 g/mol. The topological polar surface area (TPSA) is 72.2 Å². The van der Waals surface area contributed by atoms with E-state index in [0.29, 0.717) is 17.4 Å². The molecule has 2 aromatic carbocycles. The van der Waals surface area contributed by atoms with E-state index in [1.54, 1.807) is 12.1 Å². The Labute approximate surface area is 143 Å². The molecule has 1 aliphatic carbocycles. The normalized spacial score (nSPS) is 21.8. The highest BCUT2D eigenvalue weighted by Crippen LogP contribution is 2.25. The zero-order valence-electron chi connectivity index (χ0n) is 12.9. The molecule has 2 aromatic rings. The first-order chi connectivity index (χ1) is 10.6. The van der Waals surface area contributed by atoms with E-state index in [1.807, 2.05) is 30.3 Å². The number of fused-ring (bicyclic) bond motifs is 1. The molecule has 0 heterocycles. The van der Waals surface area contributed by atoms with Crippen LogP contribution in [0.5, 0.6) is 0 Å². The number of benzene rings is 2. The van der Waals surface area contributed by atoms with Gasteiger partial charge in [-0.1, -0.05) is 42.8 Å². The maximum atomic E-state index is 12.6.